The van der Waals surface area contributed by atoms with E-state index in [2.05, 4.69) is 0 Å². The van der Waals surface area contributed by atoms with Crippen molar-refractivity contribution in [1.29, 1.82) is 0 Å². The molecule has 0 aromatic heterocycles. The van der Waals surface area contributed by atoms with E-state index in [1.807, 2.05) is 19.1 Å². The van der Waals surface area contributed by atoms with Crippen LogP contribution in [0.15, 0.2) is 12.1 Å². The maximum atomic E-state index is 5.95. The van der Waals surface area contributed by atoms with Crippen molar-refractivity contribution in [1.82, 2.24) is 0 Å². The lowest BCUT2D eigenvalue weighted by Crippen LogP contribution is -2.04. The second-order valence-corrected chi connectivity index (χ2v) is 3.36. The van der Waals surface area contributed by atoms with E-state index in [4.69, 9.17) is 22.1 Å². The predicted molar refractivity (Wildman–Crippen MR) is 55.5 cm³/mol. The van der Waals surface area contributed by atoms with Crippen LogP contribution in [-0.2, 0) is 6.42 Å². The van der Waals surface area contributed by atoms with E-state index >= 15 is 0 Å². The molecule has 0 heterocycles. The van der Waals surface area contributed by atoms with Gasteiger partial charge in [-0.1, -0.05) is 17.7 Å². The van der Waals surface area contributed by atoms with Crippen molar-refractivity contribution in [3.63, 3.8) is 0 Å². The van der Waals surface area contributed by atoms with Gasteiger partial charge in [0.15, 0.2) is 0 Å². The zero-order chi connectivity index (χ0) is 9.84. The number of aryl methyl sites for hydroxylation is 1. The minimum Gasteiger partial charge on any atom is -0.496 e. The highest BCUT2D eigenvalue weighted by molar-refractivity contribution is 6.31. The van der Waals surface area contributed by atoms with Gasteiger partial charge in [0, 0.05) is 5.02 Å². The summed E-state index contributed by atoms with van der Waals surface area (Å²) in [6.45, 7) is 2.60. The first-order valence-electron chi connectivity index (χ1n) is 4.22. The fraction of sp³-hybridized carbons (Fsp3) is 0.400. The summed E-state index contributed by atoms with van der Waals surface area (Å²) in [5.74, 6) is 0.820. The van der Waals surface area contributed by atoms with Gasteiger partial charge in [-0.25, -0.2) is 0 Å². The molecule has 1 aromatic rings. The van der Waals surface area contributed by atoms with E-state index in [0.717, 1.165) is 28.3 Å². The zero-order valence-corrected chi connectivity index (χ0v) is 8.69. The van der Waals surface area contributed by atoms with Gasteiger partial charge in [0.2, 0.25) is 0 Å². The van der Waals surface area contributed by atoms with Crippen molar-refractivity contribution >= 4 is 11.6 Å². The minimum absolute atomic E-state index is 0.622. The van der Waals surface area contributed by atoms with Gasteiger partial charge in [-0.15, -0.1) is 0 Å². The molecule has 0 atom stereocenters. The van der Waals surface area contributed by atoms with E-state index in [9.17, 15) is 0 Å². The normalized spacial score (nSPS) is 10.2. The molecule has 2 nitrogen and oxygen atoms in total. The molecule has 13 heavy (non-hydrogen) atoms. The van der Waals surface area contributed by atoms with Gasteiger partial charge in [0.1, 0.15) is 5.75 Å². The third-order valence-corrected chi connectivity index (χ3v) is 2.38. The molecule has 1 aromatic carbocycles. The van der Waals surface area contributed by atoms with Crippen LogP contribution in [0.5, 0.6) is 5.75 Å². The van der Waals surface area contributed by atoms with E-state index in [1.54, 1.807) is 7.11 Å². The third kappa shape index (κ3) is 2.36. The SMILES string of the molecule is COc1cc(Cl)c(C)cc1CCN. The molecule has 1 rings (SSSR count). The lowest BCUT2D eigenvalue weighted by molar-refractivity contribution is 0.409. The van der Waals surface area contributed by atoms with Gasteiger partial charge < -0.3 is 10.5 Å². The highest BCUT2D eigenvalue weighted by Crippen LogP contribution is 2.26. The summed E-state index contributed by atoms with van der Waals surface area (Å²) < 4.78 is 5.19. The van der Waals surface area contributed by atoms with Crippen LogP contribution in [0.4, 0.5) is 0 Å². The Labute approximate surface area is 83.6 Å². The Kier molecular flexibility index (Phi) is 3.58. The van der Waals surface area contributed by atoms with Crippen LogP contribution >= 0.6 is 11.6 Å². The van der Waals surface area contributed by atoms with Gasteiger partial charge in [0.05, 0.1) is 7.11 Å². The predicted octanol–water partition coefficient (Wildman–Crippen LogP) is 2.16. The Balaban J connectivity index is 3.09. The van der Waals surface area contributed by atoms with Crippen molar-refractivity contribution in [2.45, 2.75) is 13.3 Å². The summed E-state index contributed by atoms with van der Waals surface area (Å²) in [4.78, 5) is 0. The fourth-order valence-corrected chi connectivity index (χ4v) is 1.42. The highest BCUT2D eigenvalue weighted by Gasteiger charge is 2.05. The quantitative estimate of drug-likeness (QED) is 0.810. The van der Waals surface area contributed by atoms with Crippen LogP contribution < -0.4 is 10.5 Å². The second kappa shape index (κ2) is 4.49. The first kappa shape index (κ1) is 10.4. The van der Waals surface area contributed by atoms with Crippen molar-refractivity contribution in [3.05, 3.63) is 28.3 Å². The Morgan fingerprint density at radius 3 is 2.69 bits per heavy atom. The summed E-state index contributed by atoms with van der Waals surface area (Å²) in [6.07, 6.45) is 0.821. The van der Waals surface area contributed by atoms with Crippen LogP contribution in [-0.4, -0.2) is 13.7 Å². The van der Waals surface area contributed by atoms with E-state index in [1.165, 1.54) is 0 Å². The number of rotatable bonds is 3. The average molecular weight is 200 g/mol. The number of hydrogen-bond acceptors (Lipinski definition) is 2. The lowest BCUT2D eigenvalue weighted by atomic mass is 10.1. The van der Waals surface area contributed by atoms with Gasteiger partial charge in [0.25, 0.3) is 0 Å². The number of benzene rings is 1. The van der Waals surface area contributed by atoms with Crippen molar-refractivity contribution in [2.24, 2.45) is 5.73 Å². The van der Waals surface area contributed by atoms with Gasteiger partial charge >= 0.3 is 0 Å². The van der Waals surface area contributed by atoms with E-state index in [-0.39, 0.29) is 0 Å². The molecule has 0 aliphatic rings. The molecule has 0 saturated carbocycles. The molecule has 0 unspecified atom stereocenters. The molecular weight excluding hydrogens is 186 g/mol. The molecule has 0 radical (unpaired) electrons. The number of hydrogen-bond donors (Lipinski definition) is 1. The smallest absolute Gasteiger partial charge is 0.123 e. The molecule has 0 fully saturated rings. The largest absolute Gasteiger partial charge is 0.496 e. The Morgan fingerprint density at radius 2 is 2.15 bits per heavy atom. The van der Waals surface area contributed by atoms with E-state index in [0.29, 0.717) is 6.54 Å². The summed E-state index contributed by atoms with van der Waals surface area (Å²) in [5, 5.41) is 0.734. The van der Waals surface area contributed by atoms with Crippen LogP contribution in [0.3, 0.4) is 0 Å². The summed E-state index contributed by atoms with van der Waals surface area (Å²) in [6, 6.07) is 3.86. The minimum atomic E-state index is 0.622. The highest BCUT2D eigenvalue weighted by atomic mass is 35.5. The molecule has 0 saturated heterocycles. The van der Waals surface area contributed by atoms with Crippen LogP contribution in [0, 0.1) is 6.92 Å². The average Bonchev–Trinajstić information content (AvgIpc) is 2.11. The number of ether oxygens (including phenoxy) is 1. The maximum absolute atomic E-state index is 5.95. The first-order valence-corrected chi connectivity index (χ1v) is 4.60. The molecular formula is C10H14ClNO. The van der Waals surface area contributed by atoms with Crippen molar-refractivity contribution in [3.8, 4) is 5.75 Å². The summed E-state index contributed by atoms with van der Waals surface area (Å²) in [5.41, 5.74) is 7.66. The molecule has 0 spiro atoms. The van der Waals surface area contributed by atoms with Crippen LogP contribution in [0.25, 0.3) is 0 Å². The molecule has 72 valence electrons. The monoisotopic (exact) mass is 199 g/mol. The number of nitrogens with two attached hydrogens (primary N) is 1. The molecule has 0 bridgehead atoms. The van der Waals surface area contributed by atoms with Gasteiger partial charge in [-0.05, 0) is 37.1 Å². The summed E-state index contributed by atoms with van der Waals surface area (Å²) in [7, 11) is 1.64. The topological polar surface area (TPSA) is 35.2 Å². The van der Waals surface area contributed by atoms with Gasteiger partial charge in [-0.2, -0.15) is 0 Å². The summed E-state index contributed by atoms with van der Waals surface area (Å²) >= 11 is 5.95. The standard InChI is InChI=1S/C10H14ClNO/c1-7-5-8(3-4-12)10(13-2)6-9(7)11/h5-6H,3-4,12H2,1-2H3. The number of halogens is 1. The Morgan fingerprint density at radius 1 is 1.46 bits per heavy atom. The second-order valence-electron chi connectivity index (χ2n) is 2.95. The third-order valence-electron chi connectivity index (χ3n) is 1.98. The van der Waals surface area contributed by atoms with Crippen molar-refractivity contribution < 1.29 is 4.74 Å². The molecule has 0 aliphatic carbocycles. The first-order chi connectivity index (χ1) is 6.19. The fourth-order valence-electron chi connectivity index (χ4n) is 1.26. The lowest BCUT2D eigenvalue weighted by Gasteiger charge is -2.09. The molecule has 0 aliphatic heterocycles. The van der Waals surface area contributed by atoms with Crippen molar-refractivity contribution in [2.75, 3.05) is 13.7 Å². The maximum Gasteiger partial charge on any atom is 0.123 e. The Hall–Kier alpha value is -0.730. The van der Waals surface area contributed by atoms with Gasteiger partial charge in [-0.3, -0.25) is 0 Å². The van der Waals surface area contributed by atoms with Crippen LogP contribution in [0.2, 0.25) is 5.02 Å². The zero-order valence-electron chi connectivity index (χ0n) is 7.93. The van der Waals surface area contributed by atoms with Crippen LogP contribution in [0.1, 0.15) is 11.1 Å². The molecule has 3 heteroatoms. The van der Waals surface area contributed by atoms with E-state index < -0.39 is 0 Å². The molecule has 0 amide bonds. The number of methoxy groups -OCH3 is 1. The molecule has 2 N–H and O–H groups in total. The Bertz CT molecular complexity index is 299.